The average Bonchev–Trinajstić information content (AvgIpc) is 3.74. The fourth-order valence-electron chi connectivity index (χ4n) is 3.71. The van der Waals surface area contributed by atoms with Gasteiger partial charge in [0.25, 0.3) is 11.8 Å². The molecule has 0 saturated heterocycles. The summed E-state index contributed by atoms with van der Waals surface area (Å²) in [5.74, 6) is 0.403. The van der Waals surface area contributed by atoms with Crippen molar-refractivity contribution in [1.29, 1.82) is 0 Å². The molecule has 0 aromatic heterocycles. The third-order valence-corrected chi connectivity index (χ3v) is 6.13. The summed E-state index contributed by atoms with van der Waals surface area (Å²) in [5.41, 5.74) is 3.72. The van der Waals surface area contributed by atoms with Crippen LogP contribution in [0.5, 0.6) is 5.75 Å². The van der Waals surface area contributed by atoms with Gasteiger partial charge in [0.2, 0.25) is 0 Å². The van der Waals surface area contributed by atoms with Crippen molar-refractivity contribution in [2.45, 2.75) is 25.2 Å². The summed E-state index contributed by atoms with van der Waals surface area (Å²) in [6.45, 7) is 0.391. The van der Waals surface area contributed by atoms with E-state index in [1.807, 2.05) is 36.4 Å². The fourth-order valence-corrected chi connectivity index (χ4v) is 3.83. The van der Waals surface area contributed by atoms with Crippen LogP contribution in [-0.4, -0.2) is 36.7 Å². The van der Waals surface area contributed by atoms with Crippen LogP contribution >= 0.6 is 11.6 Å². The minimum atomic E-state index is -0.467. The standard InChI is InChI=1S/C29H29ClN2O4/c30-25-11-3-20(4-12-25)15-18-36-26-13-9-24(10-14-26)28(34)32-27(29(35)31-16-17-33)19-21-1-5-22(6-2-21)23-7-8-23/h1-6,9-14,19,23,33H,7-8,15-18H2,(H,31,35)(H,32,34)/b27-19+. The second-order valence-electron chi connectivity index (χ2n) is 8.68. The van der Waals surface area contributed by atoms with Crippen molar-refractivity contribution in [3.63, 3.8) is 0 Å². The highest BCUT2D eigenvalue weighted by atomic mass is 35.5. The molecule has 3 N–H and O–H groups in total. The first-order valence-corrected chi connectivity index (χ1v) is 12.4. The zero-order valence-corrected chi connectivity index (χ0v) is 20.6. The van der Waals surface area contributed by atoms with Gasteiger partial charge in [0.15, 0.2) is 0 Å². The first kappa shape index (κ1) is 25.5. The molecule has 1 saturated carbocycles. The fraction of sp³-hybridized carbons (Fsp3) is 0.241. The third-order valence-electron chi connectivity index (χ3n) is 5.88. The molecular formula is C29H29ClN2O4. The molecule has 0 bridgehead atoms. The number of nitrogens with one attached hydrogen (secondary N) is 2. The van der Waals surface area contributed by atoms with E-state index >= 15 is 0 Å². The Kier molecular flexibility index (Phi) is 8.76. The van der Waals surface area contributed by atoms with E-state index in [2.05, 4.69) is 22.8 Å². The molecule has 0 radical (unpaired) electrons. The number of carbonyl (C=O) groups excluding carboxylic acids is 2. The van der Waals surface area contributed by atoms with E-state index in [-0.39, 0.29) is 18.8 Å². The zero-order valence-electron chi connectivity index (χ0n) is 19.9. The Hall–Kier alpha value is -3.61. The molecule has 0 aliphatic heterocycles. The largest absolute Gasteiger partial charge is 0.493 e. The van der Waals surface area contributed by atoms with Crippen molar-refractivity contribution < 1.29 is 19.4 Å². The quantitative estimate of drug-likeness (QED) is 0.330. The second kappa shape index (κ2) is 12.4. The molecule has 3 aromatic carbocycles. The Bertz CT molecular complexity index is 1200. The highest BCUT2D eigenvalue weighted by Gasteiger charge is 2.23. The van der Waals surface area contributed by atoms with Crippen molar-refractivity contribution in [2.75, 3.05) is 19.8 Å². The van der Waals surface area contributed by atoms with Crippen molar-refractivity contribution >= 4 is 29.5 Å². The molecule has 0 atom stereocenters. The minimum Gasteiger partial charge on any atom is -0.493 e. The Morgan fingerprint density at radius 1 is 0.972 bits per heavy atom. The maximum absolute atomic E-state index is 12.9. The summed E-state index contributed by atoms with van der Waals surface area (Å²) >= 11 is 5.91. The lowest BCUT2D eigenvalue weighted by atomic mass is 10.1. The topological polar surface area (TPSA) is 87.7 Å². The number of hydrogen-bond donors (Lipinski definition) is 3. The van der Waals surface area contributed by atoms with Gasteiger partial charge in [-0.1, -0.05) is 48.0 Å². The van der Waals surface area contributed by atoms with Crippen molar-refractivity contribution in [2.24, 2.45) is 0 Å². The molecule has 0 heterocycles. The number of amides is 2. The summed E-state index contributed by atoms with van der Waals surface area (Å²) in [6, 6.07) is 22.4. The van der Waals surface area contributed by atoms with Gasteiger partial charge < -0.3 is 20.5 Å². The van der Waals surface area contributed by atoms with Crippen LogP contribution in [0, 0.1) is 0 Å². The highest BCUT2D eigenvalue weighted by molar-refractivity contribution is 6.30. The lowest BCUT2D eigenvalue weighted by molar-refractivity contribution is -0.117. The Labute approximate surface area is 215 Å². The Morgan fingerprint density at radius 2 is 1.67 bits per heavy atom. The second-order valence-corrected chi connectivity index (χ2v) is 9.12. The zero-order chi connectivity index (χ0) is 25.3. The van der Waals surface area contributed by atoms with Crippen molar-refractivity contribution in [3.8, 4) is 5.75 Å². The van der Waals surface area contributed by atoms with Crippen molar-refractivity contribution in [1.82, 2.24) is 10.6 Å². The molecule has 36 heavy (non-hydrogen) atoms. The summed E-state index contributed by atoms with van der Waals surface area (Å²) in [5, 5.41) is 15.1. The smallest absolute Gasteiger partial charge is 0.267 e. The SMILES string of the molecule is O=C(NCCO)/C(=C\c1ccc(C2CC2)cc1)NC(=O)c1ccc(OCCc2ccc(Cl)cc2)cc1. The van der Waals surface area contributed by atoms with E-state index in [4.69, 9.17) is 21.4 Å². The first-order valence-electron chi connectivity index (χ1n) is 12.0. The van der Waals surface area contributed by atoms with Gasteiger partial charge >= 0.3 is 0 Å². The van der Waals surface area contributed by atoms with Gasteiger partial charge in [-0.2, -0.15) is 0 Å². The van der Waals surface area contributed by atoms with Crippen LogP contribution in [0.3, 0.4) is 0 Å². The van der Waals surface area contributed by atoms with Gasteiger partial charge in [-0.3, -0.25) is 9.59 Å². The molecule has 1 aliphatic carbocycles. The number of benzene rings is 3. The molecule has 2 amide bonds. The summed E-state index contributed by atoms with van der Waals surface area (Å²) in [4.78, 5) is 25.5. The molecule has 7 heteroatoms. The molecule has 1 fully saturated rings. The van der Waals surface area contributed by atoms with Crippen LogP contribution in [0.2, 0.25) is 5.02 Å². The van der Waals surface area contributed by atoms with Gasteiger partial charge in [-0.15, -0.1) is 0 Å². The van der Waals surface area contributed by atoms with Crippen LogP contribution in [-0.2, 0) is 11.2 Å². The maximum atomic E-state index is 12.9. The number of hydrogen-bond acceptors (Lipinski definition) is 4. The molecule has 186 valence electrons. The highest BCUT2D eigenvalue weighted by Crippen LogP contribution is 2.39. The number of aliphatic hydroxyl groups is 1. The van der Waals surface area contributed by atoms with E-state index in [9.17, 15) is 9.59 Å². The van der Waals surface area contributed by atoms with E-state index in [1.165, 1.54) is 18.4 Å². The van der Waals surface area contributed by atoms with Gasteiger partial charge in [-0.25, -0.2) is 0 Å². The van der Waals surface area contributed by atoms with Gasteiger partial charge in [0.1, 0.15) is 11.4 Å². The monoisotopic (exact) mass is 504 g/mol. The summed E-state index contributed by atoms with van der Waals surface area (Å²) < 4.78 is 5.78. The number of ether oxygens (including phenoxy) is 1. The van der Waals surface area contributed by atoms with Crippen LogP contribution in [0.1, 0.15) is 45.8 Å². The number of rotatable bonds is 11. The van der Waals surface area contributed by atoms with Crippen LogP contribution in [0.15, 0.2) is 78.5 Å². The van der Waals surface area contributed by atoms with Crippen LogP contribution < -0.4 is 15.4 Å². The van der Waals surface area contributed by atoms with E-state index in [0.29, 0.717) is 28.9 Å². The van der Waals surface area contributed by atoms with Crippen molar-refractivity contribution in [3.05, 3.63) is 106 Å². The predicted molar refractivity (Wildman–Crippen MR) is 141 cm³/mol. The Balaban J connectivity index is 1.38. The lowest BCUT2D eigenvalue weighted by Gasteiger charge is -2.12. The number of aliphatic hydroxyl groups excluding tert-OH is 1. The molecule has 0 unspecified atom stereocenters. The van der Waals surface area contributed by atoms with Crippen LogP contribution in [0.25, 0.3) is 6.08 Å². The van der Waals surface area contributed by atoms with E-state index < -0.39 is 11.8 Å². The van der Waals surface area contributed by atoms with Crippen LogP contribution in [0.4, 0.5) is 0 Å². The normalized spacial score (nSPS) is 13.2. The van der Waals surface area contributed by atoms with Gasteiger partial charge in [0, 0.05) is 23.6 Å². The Morgan fingerprint density at radius 3 is 2.31 bits per heavy atom. The molecule has 0 spiro atoms. The summed E-state index contributed by atoms with van der Waals surface area (Å²) in [6.07, 6.45) is 4.80. The molecule has 6 nitrogen and oxygen atoms in total. The molecular weight excluding hydrogens is 476 g/mol. The van der Waals surface area contributed by atoms with E-state index in [0.717, 1.165) is 17.5 Å². The van der Waals surface area contributed by atoms with Gasteiger partial charge in [-0.05, 0) is 77.9 Å². The molecule has 1 aliphatic rings. The molecule has 4 rings (SSSR count). The summed E-state index contributed by atoms with van der Waals surface area (Å²) in [7, 11) is 0. The molecule has 3 aromatic rings. The average molecular weight is 505 g/mol. The first-order chi connectivity index (χ1) is 17.5. The number of carbonyl (C=O) groups is 2. The maximum Gasteiger partial charge on any atom is 0.267 e. The third kappa shape index (κ3) is 7.44. The number of halogens is 1. The van der Waals surface area contributed by atoms with E-state index in [1.54, 1.807) is 30.3 Å². The predicted octanol–water partition coefficient (Wildman–Crippen LogP) is 4.72. The lowest BCUT2D eigenvalue weighted by Crippen LogP contribution is -2.36. The minimum absolute atomic E-state index is 0.0920. The van der Waals surface area contributed by atoms with Gasteiger partial charge in [0.05, 0.1) is 13.2 Å².